The average Bonchev–Trinajstić information content (AvgIpc) is 2.15. The Hall–Kier alpha value is -0.0431. The number of allylic oxidation sites excluding steroid dienone is 2. The van der Waals surface area contributed by atoms with Crippen LogP contribution in [0.4, 0.5) is 0 Å². The molecule has 0 spiro atoms. The molecule has 0 heterocycles. The fourth-order valence-electron chi connectivity index (χ4n) is 1.42. The van der Waals surface area contributed by atoms with E-state index < -0.39 is 0 Å². The SMILES string of the molecule is C[Si](C)CC1CC=CC1. The molecular formula is C8H15Si. The van der Waals surface area contributed by atoms with Crippen LogP contribution in [-0.4, -0.2) is 8.80 Å². The molecule has 0 saturated heterocycles. The van der Waals surface area contributed by atoms with E-state index in [0.717, 1.165) is 5.92 Å². The second-order valence-corrected chi connectivity index (χ2v) is 6.04. The van der Waals surface area contributed by atoms with Crippen LogP contribution in [-0.2, 0) is 0 Å². The summed E-state index contributed by atoms with van der Waals surface area (Å²) in [7, 11) is 0.0424. The van der Waals surface area contributed by atoms with Crippen molar-refractivity contribution in [3.8, 4) is 0 Å². The molecule has 1 rings (SSSR count). The summed E-state index contributed by atoms with van der Waals surface area (Å²) in [5.74, 6) is 1.02. The van der Waals surface area contributed by atoms with E-state index in [2.05, 4.69) is 25.2 Å². The predicted molar refractivity (Wildman–Crippen MR) is 44.2 cm³/mol. The van der Waals surface area contributed by atoms with Crippen molar-refractivity contribution in [2.75, 3.05) is 0 Å². The van der Waals surface area contributed by atoms with Gasteiger partial charge in [-0.2, -0.15) is 0 Å². The van der Waals surface area contributed by atoms with Crippen LogP contribution in [0.25, 0.3) is 0 Å². The van der Waals surface area contributed by atoms with Crippen molar-refractivity contribution in [2.24, 2.45) is 5.92 Å². The summed E-state index contributed by atoms with van der Waals surface area (Å²) < 4.78 is 0. The summed E-state index contributed by atoms with van der Waals surface area (Å²) in [6.45, 7) is 4.81. The minimum absolute atomic E-state index is 0.0424. The Morgan fingerprint density at radius 2 is 1.89 bits per heavy atom. The largest absolute Gasteiger partial charge is 0.0883 e. The third-order valence-electron chi connectivity index (χ3n) is 1.80. The average molecular weight is 139 g/mol. The van der Waals surface area contributed by atoms with Gasteiger partial charge >= 0.3 is 0 Å². The van der Waals surface area contributed by atoms with E-state index in [-0.39, 0.29) is 8.80 Å². The molecule has 1 aliphatic carbocycles. The van der Waals surface area contributed by atoms with E-state index in [4.69, 9.17) is 0 Å². The highest BCUT2D eigenvalue weighted by molar-refractivity contribution is 6.55. The highest BCUT2D eigenvalue weighted by Crippen LogP contribution is 2.22. The van der Waals surface area contributed by atoms with Crippen LogP contribution in [0.3, 0.4) is 0 Å². The van der Waals surface area contributed by atoms with E-state index in [1.165, 1.54) is 18.9 Å². The molecule has 1 radical (unpaired) electrons. The molecule has 0 nitrogen and oxygen atoms in total. The van der Waals surface area contributed by atoms with Gasteiger partial charge in [0.15, 0.2) is 0 Å². The van der Waals surface area contributed by atoms with E-state index in [1.54, 1.807) is 0 Å². The summed E-state index contributed by atoms with van der Waals surface area (Å²) in [6.07, 6.45) is 7.37. The first-order valence-electron chi connectivity index (χ1n) is 3.73. The molecule has 0 unspecified atom stereocenters. The van der Waals surface area contributed by atoms with Crippen molar-refractivity contribution in [1.82, 2.24) is 0 Å². The fraction of sp³-hybridized carbons (Fsp3) is 0.750. The third kappa shape index (κ3) is 2.35. The first kappa shape index (κ1) is 7.07. The van der Waals surface area contributed by atoms with Gasteiger partial charge in [0.1, 0.15) is 0 Å². The lowest BCUT2D eigenvalue weighted by Crippen LogP contribution is -2.06. The van der Waals surface area contributed by atoms with E-state index in [1.807, 2.05) is 0 Å². The quantitative estimate of drug-likeness (QED) is 0.407. The maximum absolute atomic E-state index is 2.41. The molecule has 0 N–H and O–H groups in total. The van der Waals surface area contributed by atoms with Crippen molar-refractivity contribution in [2.45, 2.75) is 32.0 Å². The van der Waals surface area contributed by atoms with Gasteiger partial charge in [0.05, 0.1) is 0 Å². The molecule has 1 heteroatoms. The van der Waals surface area contributed by atoms with Crippen molar-refractivity contribution < 1.29 is 0 Å². The molecular weight excluding hydrogens is 124 g/mol. The summed E-state index contributed by atoms with van der Waals surface area (Å²) in [5, 5.41) is 0. The molecule has 0 aromatic carbocycles. The zero-order chi connectivity index (χ0) is 6.69. The summed E-state index contributed by atoms with van der Waals surface area (Å²) in [5.41, 5.74) is 0. The summed E-state index contributed by atoms with van der Waals surface area (Å²) >= 11 is 0. The molecule has 0 bridgehead atoms. The van der Waals surface area contributed by atoms with E-state index in [0.29, 0.717) is 0 Å². The smallest absolute Gasteiger partial charge is 0.0415 e. The topological polar surface area (TPSA) is 0 Å². The Morgan fingerprint density at radius 1 is 1.33 bits per heavy atom. The highest BCUT2D eigenvalue weighted by Gasteiger charge is 2.11. The zero-order valence-electron chi connectivity index (χ0n) is 6.35. The molecule has 0 aromatic heterocycles. The molecule has 9 heavy (non-hydrogen) atoms. The molecule has 1 aliphatic rings. The van der Waals surface area contributed by atoms with Crippen molar-refractivity contribution in [3.63, 3.8) is 0 Å². The van der Waals surface area contributed by atoms with Gasteiger partial charge in [0.25, 0.3) is 0 Å². The maximum atomic E-state index is 2.41. The Balaban J connectivity index is 2.14. The predicted octanol–water partition coefficient (Wildman–Crippen LogP) is 2.71. The van der Waals surface area contributed by atoms with E-state index >= 15 is 0 Å². The lowest BCUT2D eigenvalue weighted by atomic mass is 10.1. The zero-order valence-corrected chi connectivity index (χ0v) is 7.35. The Bertz CT molecular complexity index is 97.1. The summed E-state index contributed by atoms with van der Waals surface area (Å²) in [4.78, 5) is 0. The first-order valence-corrected chi connectivity index (χ1v) is 6.44. The number of hydrogen-bond acceptors (Lipinski definition) is 0. The molecule has 51 valence electrons. The fourth-order valence-corrected chi connectivity index (χ4v) is 2.91. The van der Waals surface area contributed by atoms with Crippen LogP contribution >= 0.6 is 0 Å². The standard InChI is InChI=1S/C8H15Si/c1-9(2)7-8-5-3-4-6-8/h3-4,8H,5-7H2,1-2H3. The molecule has 0 saturated carbocycles. The van der Waals surface area contributed by atoms with Gasteiger partial charge < -0.3 is 0 Å². The van der Waals surface area contributed by atoms with Gasteiger partial charge in [0.2, 0.25) is 0 Å². The molecule has 0 atom stereocenters. The second kappa shape index (κ2) is 3.21. The van der Waals surface area contributed by atoms with Gasteiger partial charge in [-0.1, -0.05) is 31.3 Å². The molecule has 0 aromatic rings. The molecule has 0 amide bonds. The second-order valence-electron chi connectivity index (χ2n) is 3.22. The lowest BCUT2D eigenvalue weighted by molar-refractivity contribution is 0.631. The van der Waals surface area contributed by atoms with Crippen LogP contribution in [0.15, 0.2) is 12.2 Å². The Labute approximate surface area is 59.6 Å². The van der Waals surface area contributed by atoms with Gasteiger partial charge in [-0.25, -0.2) is 0 Å². The van der Waals surface area contributed by atoms with Crippen LogP contribution in [0.5, 0.6) is 0 Å². The van der Waals surface area contributed by atoms with Gasteiger partial charge in [0, 0.05) is 8.80 Å². The molecule has 0 fully saturated rings. The minimum atomic E-state index is 0.0424. The minimum Gasteiger partial charge on any atom is -0.0883 e. The van der Waals surface area contributed by atoms with Crippen molar-refractivity contribution in [1.29, 1.82) is 0 Å². The first-order chi connectivity index (χ1) is 4.29. The van der Waals surface area contributed by atoms with Gasteiger partial charge in [-0.05, 0) is 18.8 Å². The normalized spacial score (nSPS) is 19.9. The summed E-state index contributed by atoms with van der Waals surface area (Å²) in [6, 6.07) is 1.51. The molecule has 0 aliphatic heterocycles. The number of rotatable bonds is 2. The van der Waals surface area contributed by atoms with Crippen molar-refractivity contribution in [3.05, 3.63) is 12.2 Å². The lowest BCUT2D eigenvalue weighted by Gasteiger charge is -2.09. The maximum Gasteiger partial charge on any atom is 0.0415 e. The van der Waals surface area contributed by atoms with Gasteiger partial charge in [-0.3, -0.25) is 0 Å². The van der Waals surface area contributed by atoms with Crippen LogP contribution < -0.4 is 0 Å². The van der Waals surface area contributed by atoms with Crippen molar-refractivity contribution >= 4 is 8.80 Å². The Morgan fingerprint density at radius 3 is 2.33 bits per heavy atom. The van der Waals surface area contributed by atoms with Crippen LogP contribution in [0.1, 0.15) is 12.8 Å². The van der Waals surface area contributed by atoms with Crippen LogP contribution in [0.2, 0.25) is 19.1 Å². The highest BCUT2D eigenvalue weighted by atomic mass is 28.3. The van der Waals surface area contributed by atoms with E-state index in [9.17, 15) is 0 Å². The third-order valence-corrected chi connectivity index (χ3v) is 3.20. The Kier molecular flexibility index (Phi) is 2.52. The number of hydrogen-bond donors (Lipinski definition) is 0. The van der Waals surface area contributed by atoms with Crippen LogP contribution in [0, 0.1) is 5.92 Å². The monoisotopic (exact) mass is 139 g/mol. The van der Waals surface area contributed by atoms with Gasteiger partial charge in [-0.15, -0.1) is 0 Å².